The van der Waals surface area contributed by atoms with E-state index in [1.54, 1.807) is 12.1 Å². The van der Waals surface area contributed by atoms with Gasteiger partial charge in [-0.25, -0.2) is 0 Å². The van der Waals surface area contributed by atoms with Gasteiger partial charge in [-0.3, -0.25) is 9.78 Å². The second-order valence-corrected chi connectivity index (χ2v) is 8.24. The summed E-state index contributed by atoms with van der Waals surface area (Å²) in [5.41, 5.74) is 2.67. The number of aromatic nitrogens is 1. The maximum absolute atomic E-state index is 12.3. The minimum atomic E-state index is -0.0402. The molecule has 0 fully saturated rings. The molecule has 0 aliphatic heterocycles. The summed E-state index contributed by atoms with van der Waals surface area (Å²) in [6.45, 7) is 4.30. The molecule has 0 saturated carbocycles. The van der Waals surface area contributed by atoms with Gasteiger partial charge >= 0.3 is 0 Å². The molecule has 0 unspecified atom stereocenters. The molecule has 2 aromatic heterocycles. The fourth-order valence-corrected chi connectivity index (χ4v) is 3.61. The van der Waals surface area contributed by atoms with Crippen LogP contribution in [0.15, 0.2) is 88.3 Å². The monoisotopic (exact) mass is 443 g/mol. The Hall–Kier alpha value is -3.48. The maximum atomic E-state index is 12.3. The summed E-state index contributed by atoms with van der Waals surface area (Å²) in [5.74, 6) is 1.35. The Labute approximate surface area is 194 Å². The van der Waals surface area contributed by atoms with Gasteiger partial charge in [-0.15, -0.1) is 0 Å². The Morgan fingerprint density at radius 3 is 2.39 bits per heavy atom. The number of fused-ring (bicyclic) bond motifs is 1. The molecule has 0 aliphatic carbocycles. The molecule has 4 aromatic rings. The third kappa shape index (κ3) is 6.28. The second kappa shape index (κ2) is 10.9. The minimum Gasteiger partial charge on any atom is -0.492 e. The van der Waals surface area contributed by atoms with Crippen LogP contribution in [0.25, 0.3) is 22.3 Å². The van der Waals surface area contributed by atoms with Crippen LogP contribution in [0.5, 0.6) is 5.75 Å². The molecular formula is C27H29N3O3. The normalized spacial score (nSPS) is 11.4. The van der Waals surface area contributed by atoms with E-state index >= 15 is 0 Å². The number of nitrogens with zero attached hydrogens (tertiary/aromatic N) is 3. The summed E-state index contributed by atoms with van der Waals surface area (Å²) < 4.78 is 11.8. The average Bonchev–Trinajstić information content (AvgIpc) is 2.84. The van der Waals surface area contributed by atoms with E-state index in [0.29, 0.717) is 23.3 Å². The number of pyridine rings is 1. The summed E-state index contributed by atoms with van der Waals surface area (Å²) in [7, 11) is 4.23. The largest absolute Gasteiger partial charge is 0.492 e. The van der Waals surface area contributed by atoms with E-state index in [9.17, 15) is 4.79 Å². The highest BCUT2D eigenvalue weighted by Gasteiger charge is 2.07. The van der Waals surface area contributed by atoms with Gasteiger partial charge in [0.25, 0.3) is 0 Å². The van der Waals surface area contributed by atoms with Crippen LogP contribution in [0.1, 0.15) is 5.56 Å². The fourth-order valence-electron chi connectivity index (χ4n) is 3.61. The second-order valence-electron chi connectivity index (χ2n) is 8.24. The fraction of sp³-hybridized carbons (Fsp3) is 0.259. The van der Waals surface area contributed by atoms with Crippen molar-refractivity contribution in [2.45, 2.75) is 6.54 Å². The third-order valence-corrected chi connectivity index (χ3v) is 5.58. The highest BCUT2D eigenvalue weighted by molar-refractivity contribution is 5.78. The van der Waals surface area contributed by atoms with Crippen molar-refractivity contribution in [2.75, 3.05) is 40.3 Å². The van der Waals surface area contributed by atoms with Gasteiger partial charge in [0, 0.05) is 50.2 Å². The van der Waals surface area contributed by atoms with E-state index in [0.717, 1.165) is 37.5 Å². The molecule has 2 heterocycles. The van der Waals surface area contributed by atoms with Crippen LogP contribution in [0, 0.1) is 0 Å². The van der Waals surface area contributed by atoms with Crippen LogP contribution < -0.4 is 10.2 Å². The highest BCUT2D eigenvalue weighted by Crippen LogP contribution is 2.24. The number of ether oxygens (including phenoxy) is 1. The summed E-state index contributed by atoms with van der Waals surface area (Å²) in [5, 5.41) is 0.592. The molecule has 0 amide bonds. The molecule has 0 saturated heterocycles. The van der Waals surface area contributed by atoms with Gasteiger partial charge in [0.05, 0.1) is 5.39 Å². The molecular weight excluding hydrogens is 414 g/mol. The lowest BCUT2D eigenvalue weighted by atomic mass is 10.1. The van der Waals surface area contributed by atoms with Gasteiger partial charge in [-0.2, -0.15) is 0 Å². The Bertz CT molecular complexity index is 1220. The van der Waals surface area contributed by atoms with Gasteiger partial charge in [-0.05, 0) is 68.2 Å². The number of benzene rings is 2. The Morgan fingerprint density at radius 2 is 1.61 bits per heavy atom. The van der Waals surface area contributed by atoms with E-state index in [1.807, 2.05) is 67.0 Å². The Balaban J connectivity index is 1.24. The zero-order valence-electron chi connectivity index (χ0n) is 19.1. The average molecular weight is 444 g/mol. The topological polar surface area (TPSA) is 58.8 Å². The summed E-state index contributed by atoms with van der Waals surface area (Å²) in [4.78, 5) is 21.0. The van der Waals surface area contributed by atoms with E-state index in [4.69, 9.17) is 9.15 Å². The van der Waals surface area contributed by atoms with Crippen molar-refractivity contribution in [3.63, 3.8) is 0 Å². The lowest BCUT2D eigenvalue weighted by Crippen LogP contribution is -2.33. The summed E-state index contributed by atoms with van der Waals surface area (Å²) in [6.07, 6.45) is 3.66. The standard InChI is InChI=1S/C27H29N3O3/c1-29(15-16-30(2)20-21-11-13-28-14-12-21)17-18-32-23-9-7-22(8-10-23)27-19-25(31)24-5-3-4-6-26(24)33-27/h3-14,19H,15-18,20H2,1-2H3. The number of rotatable bonds is 10. The SMILES string of the molecule is CN(CCOc1ccc(-c2cc(=O)c3ccccc3o2)cc1)CCN(C)Cc1ccncc1. The molecule has 0 radical (unpaired) electrons. The Kier molecular flexibility index (Phi) is 7.50. The van der Waals surface area contributed by atoms with E-state index in [2.05, 4.69) is 28.9 Å². The van der Waals surface area contributed by atoms with Crippen molar-refractivity contribution in [3.8, 4) is 17.1 Å². The maximum Gasteiger partial charge on any atom is 0.193 e. The summed E-state index contributed by atoms with van der Waals surface area (Å²) in [6, 6.07) is 20.6. The van der Waals surface area contributed by atoms with Crippen molar-refractivity contribution in [1.29, 1.82) is 0 Å². The van der Waals surface area contributed by atoms with Crippen LogP contribution >= 0.6 is 0 Å². The molecule has 0 aliphatic rings. The van der Waals surface area contributed by atoms with E-state index in [-0.39, 0.29) is 5.43 Å². The quantitative estimate of drug-likeness (QED) is 0.364. The Morgan fingerprint density at radius 1 is 0.879 bits per heavy atom. The molecule has 6 nitrogen and oxygen atoms in total. The predicted octanol–water partition coefficient (Wildman–Crippen LogP) is 4.30. The zero-order valence-corrected chi connectivity index (χ0v) is 19.1. The molecule has 0 spiro atoms. The van der Waals surface area contributed by atoms with Gasteiger partial charge in [0.2, 0.25) is 0 Å². The number of hydrogen-bond acceptors (Lipinski definition) is 6. The molecule has 6 heteroatoms. The van der Waals surface area contributed by atoms with Crippen LogP contribution in [0.3, 0.4) is 0 Å². The zero-order chi connectivity index (χ0) is 23.0. The van der Waals surface area contributed by atoms with Crippen molar-refractivity contribution < 1.29 is 9.15 Å². The lowest BCUT2D eigenvalue weighted by Gasteiger charge is -2.22. The molecule has 0 atom stereocenters. The molecule has 0 bridgehead atoms. The predicted molar refractivity (Wildman–Crippen MR) is 131 cm³/mol. The number of likely N-dealkylation sites (N-methyl/N-ethyl adjacent to an activating group) is 2. The van der Waals surface area contributed by atoms with Crippen molar-refractivity contribution >= 4 is 11.0 Å². The van der Waals surface area contributed by atoms with E-state index in [1.165, 1.54) is 5.56 Å². The molecule has 2 aromatic carbocycles. The van der Waals surface area contributed by atoms with Crippen LogP contribution in [-0.2, 0) is 6.54 Å². The first-order chi connectivity index (χ1) is 16.1. The van der Waals surface area contributed by atoms with Crippen LogP contribution in [0.4, 0.5) is 0 Å². The van der Waals surface area contributed by atoms with Crippen LogP contribution in [-0.4, -0.2) is 55.1 Å². The third-order valence-electron chi connectivity index (χ3n) is 5.58. The van der Waals surface area contributed by atoms with Gasteiger partial charge in [0.1, 0.15) is 23.7 Å². The first-order valence-electron chi connectivity index (χ1n) is 11.1. The van der Waals surface area contributed by atoms with Crippen LogP contribution in [0.2, 0.25) is 0 Å². The first kappa shape index (κ1) is 22.7. The molecule has 0 N–H and O–H groups in total. The molecule has 4 rings (SSSR count). The van der Waals surface area contributed by atoms with Crippen molar-refractivity contribution in [2.24, 2.45) is 0 Å². The number of hydrogen-bond donors (Lipinski definition) is 0. The van der Waals surface area contributed by atoms with Gasteiger partial charge in [0.15, 0.2) is 5.43 Å². The molecule has 33 heavy (non-hydrogen) atoms. The number of para-hydroxylation sites is 1. The highest BCUT2D eigenvalue weighted by atomic mass is 16.5. The van der Waals surface area contributed by atoms with E-state index < -0.39 is 0 Å². The summed E-state index contributed by atoms with van der Waals surface area (Å²) >= 11 is 0. The smallest absolute Gasteiger partial charge is 0.193 e. The minimum absolute atomic E-state index is 0.0402. The van der Waals surface area contributed by atoms with Crippen molar-refractivity contribution in [1.82, 2.24) is 14.8 Å². The lowest BCUT2D eigenvalue weighted by molar-refractivity contribution is 0.211. The first-order valence-corrected chi connectivity index (χ1v) is 11.1. The molecule has 170 valence electrons. The van der Waals surface area contributed by atoms with Crippen molar-refractivity contribution in [3.05, 3.63) is 94.9 Å². The van der Waals surface area contributed by atoms with Gasteiger partial charge < -0.3 is 19.0 Å². The van der Waals surface area contributed by atoms with Gasteiger partial charge in [-0.1, -0.05) is 12.1 Å².